The number of nitrogens with zero attached hydrogens (tertiary/aromatic N) is 7. The van der Waals surface area contributed by atoms with Crippen molar-refractivity contribution < 1.29 is 98.6 Å². The van der Waals surface area contributed by atoms with E-state index in [9.17, 15) is 75.3 Å². The molecule has 2 aliphatic heterocycles. The summed E-state index contributed by atoms with van der Waals surface area (Å²) in [5.41, 5.74) is 4.90. The summed E-state index contributed by atoms with van der Waals surface area (Å²) in [5, 5.41) is 41.4. The minimum absolute atomic E-state index is 0.00210. The van der Waals surface area contributed by atoms with Gasteiger partial charge in [-0.2, -0.15) is 16.8 Å². The number of aliphatic carboxylic acids is 3. The number of benzene rings is 3. The number of rotatable bonds is 32. The van der Waals surface area contributed by atoms with Gasteiger partial charge in [0.25, 0.3) is 43.9 Å². The number of carboxylic acids is 3. The standard InChI is InChI=1S/C75H79N11O21S2/c87-67(5-2-1-3-27-76-68(88)26-31-86-71(91)24-25-72(86)92)77-28-4-32-105-64-18-12-52(13-19-64)6-9-55-35-58-41-83(47-73(93)94)43-60-37-56(10-7-53-14-20-65(21-15-53)106-50-69(89)78-29-33-108(99,100)101)39-62(81-60)45-85(49-75(97)98)46-63-40-57(38-61(82-63)44-84(48-74(95)96)42-59(36-55)80-58)11-8-54-16-22-66(23-17-54)107-51-70(90)79-30-34-109(102,103)104/h12-25,35-40H,1-5,26-34,41-51H2,(H,76,88)(H,77,87)(H,78,89)(H,79,90)(H,93,94)(H,95,96)(H,97,98)(H,99,100,101)(H,102,103,104). The van der Waals surface area contributed by atoms with E-state index in [-0.39, 0.29) is 88.6 Å². The Balaban J connectivity index is 1.02. The number of carbonyl (C=O) groups excluding carboxylic acids is 6. The van der Waals surface area contributed by atoms with E-state index in [1.807, 2.05) is 0 Å². The van der Waals surface area contributed by atoms with E-state index in [1.54, 1.807) is 124 Å². The van der Waals surface area contributed by atoms with Gasteiger partial charge in [-0.1, -0.05) is 41.9 Å². The van der Waals surface area contributed by atoms with Crippen LogP contribution >= 0.6 is 0 Å². The summed E-state index contributed by atoms with van der Waals surface area (Å²) in [7, 11) is -8.58. The fourth-order valence-corrected chi connectivity index (χ4v) is 11.5. The lowest BCUT2D eigenvalue weighted by atomic mass is 10.1. The molecule has 0 fully saturated rings. The van der Waals surface area contributed by atoms with Crippen LogP contribution in [-0.2, 0) is 103 Å². The number of unbranched alkanes of at least 4 members (excludes halogenated alkanes) is 2. The molecule has 0 unspecified atom stereocenters. The average molecular weight is 1530 g/mol. The third-order valence-corrected chi connectivity index (χ3v) is 17.1. The number of hydrogen-bond acceptors (Lipinski definition) is 22. The van der Waals surface area contributed by atoms with E-state index < -0.39 is 106 Å². The highest BCUT2D eigenvalue weighted by Gasteiger charge is 2.25. The fourth-order valence-electron chi connectivity index (χ4n) is 10.8. The van der Waals surface area contributed by atoms with Crippen molar-refractivity contribution in [3.05, 3.63) is 189 Å². The third-order valence-electron chi connectivity index (χ3n) is 15.7. The molecule has 572 valence electrons. The first-order valence-corrected chi connectivity index (χ1v) is 37.4. The largest absolute Gasteiger partial charge is 0.494 e. The van der Waals surface area contributed by atoms with Crippen LogP contribution in [-0.4, -0.2) is 213 Å². The summed E-state index contributed by atoms with van der Waals surface area (Å²) >= 11 is 0. The number of carbonyl (C=O) groups is 9. The molecule has 3 aromatic carbocycles. The maximum atomic E-state index is 12.7. The van der Waals surface area contributed by atoms with Gasteiger partial charge in [0.1, 0.15) is 17.2 Å². The molecule has 32 nitrogen and oxygen atoms in total. The molecule has 3 aromatic heterocycles. The van der Waals surface area contributed by atoms with Crippen molar-refractivity contribution in [3.8, 4) is 52.8 Å². The zero-order valence-corrected chi connectivity index (χ0v) is 60.6. The normalized spacial score (nSPS) is 13.3. The topological polar surface area (TPSA) is 450 Å². The van der Waals surface area contributed by atoms with Gasteiger partial charge < -0.3 is 50.8 Å². The summed E-state index contributed by atoms with van der Waals surface area (Å²) in [6, 6.07) is 29.7. The van der Waals surface area contributed by atoms with E-state index in [0.29, 0.717) is 125 Å². The number of ether oxygens (including phenoxy) is 3. The Morgan fingerprint density at radius 2 is 0.706 bits per heavy atom. The smallest absolute Gasteiger partial charge is 0.317 e. The van der Waals surface area contributed by atoms with Gasteiger partial charge in [-0.3, -0.25) is 86.8 Å². The first kappa shape index (κ1) is 82.7. The summed E-state index contributed by atoms with van der Waals surface area (Å²) in [4.78, 5) is 131. The van der Waals surface area contributed by atoms with Crippen LogP contribution in [0.4, 0.5) is 0 Å². The van der Waals surface area contributed by atoms with Crippen LogP contribution in [0.25, 0.3) is 0 Å². The molecule has 0 radical (unpaired) electrons. The highest BCUT2D eigenvalue weighted by atomic mass is 32.2. The number of hydrogen-bond donors (Lipinski definition) is 9. The highest BCUT2D eigenvalue weighted by molar-refractivity contribution is 7.86. The zero-order chi connectivity index (χ0) is 78.3. The number of fused-ring (bicyclic) bond motifs is 6. The number of pyridine rings is 3. The van der Waals surface area contributed by atoms with Crippen LogP contribution in [0.15, 0.2) is 121 Å². The van der Waals surface area contributed by atoms with Crippen molar-refractivity contribution >= 4 is 73.6 Å². The molecular weight excluding hydrogens is 1460 g/mol. The van der Waals surface area contributed by atoms with Crippen molar-refractivity contribution in [1.82, 2.24) is 55.8 Å². The number of amides is 6. The molecule has 0 saturated carbocycles. The predicted octanol–water partition coefficient (Wildman–Crippen LogP) is 2.29. The maximum Gasteiger partial charge on any atom is 0.317 e. The van der Waals surface area contributed by atoms with Crippen LogP contribution in [0.3, 0.4) is 0 Å². The second-order valence-electron chi connectivity index (χ2n) is 24.9. The van der Waals surface area contributed by atoms with Crippen molar-refractivity contribution in [1.29, 1.82) is 0 Å². The summed E-state index contributed by atoms with van der Waals surface area (Å²) < 4.78 is 79.2. The highest BCUT2D eigenvalue weighted by Crippen LogP contribution is 2.21. The summed E-state index contributed by atoms with van der Waals surface area (Å²) in [6.45, 7) is -2.66. The number of imide groups is 1. The van der Waals surface area contributed by atoms with Crippen LogP contribution in [0.2, 0.25) is 0 Å². The molecule has 2 aliphatic rings. The van der Waals surface area contributed by atoms with Gasteiger partial charge in [0.2, 0.25) is 11.8 Å². The monoisotopic (exact) mass is 1530 g/mol. The average Bonchev–Trinajstić information content (AvgIpc) is 1.36. The van der Waals surface area contributed by atoms with Crippen molar-refractivity contribution in [2.75, 3.05) is 83.7 Å². The summed E-state index contributed by atoms with van der Waals surface area (Å²) in [6.07, 6.45) is 5.12. The molecular formula is C75H79N11O21S2. The number of nitrogens with one attached hydrogen (secondary N) is 4. The fraction of sp³-hybridized carbons (Fsp3) is 0.333. The van der Waals surface area contributed by atoms with Gasteiger partial charge >= 0.3 is 17.9 Å². The lowest BCUT2D eigenvalue weighted by Crippen LogP contribution is -2.34. The van der Waals surface area contributed by atoms with Crippen LogP contribution in [0.5, 0.6) is 17.2 Å². The van der Waals surface area contributed by atoms with Crippen molar-refractivity contribution in [3.63, 3.8) is 0 Å². The van der Waals surface area contributed by atoms with E-state index in [0.717, 1.165) is 4.90 Å². The Labute approximate surface area is 628 Å². The van der Waals surface area contributed by atoms with Crippen LogP contribution in [0.1, 0.15) is 106 Å². The van der Waals surface area contributed by atoms with Gasteiger partial charge in [-0.05, 0) is 128 Å². The first-order valence-electron chi connectivity index (χ1n) is 34.1. The van der Waals surface area contributed by atoms with E-state index in [4.69, 9.17) is 38.3 Å². The first-order chi connectivity index (χ1) is 52.1. The third kappa shape index (κ3) is 31.6. The number of carboxylic acid groups (broad SMARTS) is 3. The minimum atomic E-state index is -4.29. The Morgan fingerprint density at radius 3 is 1.05 bits per heavy atom. The van der Waals surface area contributed by atoms with Gasteiger partial charge in [0, 0.05) is 130 Å². The quantitative estimate of drug-likeness (QED) is 0.0127. The lowest BCUT2D eigenvalue weighted by molar-refractivity contribution is -0.139. The molecule has 8 rings (SSSR count). The molecule has 6 bridgehead atoms. The molecule has 34 heteroatoms. The Morgan fingerprint density at radius 1 is 0.394 bits per heavy atom. The van der Waals surface area contributed by atoms with Crippen molar-refractivity contribution in [2.24, 2.45) is 0 Å². The molecule has 5 heterocycles. The zero-order valence-electron chi connectivity index (χ0n) is 58.9. The van der Waals surface area contributed by atoms with Gasteiger partial charge in [0.15, 0.2) is 13.2 Å². The summed E-state index contributed by atoms with van der Waals surface area (Å²) in [5.74, 6) is 12.4. The second kappa shape index (κ2) is 41.3. The van der Waals surface area contributed by atoms with E-state index >= 15 is 0 Å². The van der Waals surface area contributed by atoms with Gasteiger partial charge in [0.05, 0.1) is 71.9 Å². The Hall–Kier alpha value is -11.9. The molecule has 0 saturated heterocycles. The van der Waals surface area contributed by atoms with Crippen molar-refractivity contribution in [2.45, 2.75) is 77.8 Å². The van der Waals surface area contributed by atoms with Crippen LogP contribution < -0.4 is 35.5 Å². The second-order valence-corrected chi connectivity index (χ2v) is 28.1. The maximum absolute atomic E-state index is 12.7. The van der Waals surface area contributed by atoms with Gasteiger partial charge in [-0.25, -0.2) is 0 Å². The molecule has 0 aliphatic carbocycles. The van der Waals surface area contributed by atoms with E-state index in [2.05, 4.69) is 56.8 Å². The van der Waals surface area contributed by atoms with Crippen LogP contribution in [0, 0.1) is 35.5 Å². The molecule has 0 atom stereocenters. The molecule has 109 heavy (non-hydrogen) atoms. The van der Waals surface area contributed by atoms with E-state index in [1.165, 1.54) is 12.2 Å². The molecule has 0 spiro atoms. The minimum Gasteiger partial charge on any atom is -0.494 e. The number of aromatic nitrogens is 3. The Kier molecular flexibility index (Phi) is 31.3. The predicted molar refractivity (Wildman–Crippen MR) is 390 cm³/mol. The molecule has 6 amide bonds. The Bertz CT molecular complexity index is 4550. The molecule has 9 N–H and O–H groups in total. The SMILES string of the molecule is O=C(O)CN1Cc2cc(C#Cc3ccc(OCCCNC(=O)CCCCCNC(=O)CCN4C(=O)C=CC4=O)cc3)cc(n2)CN(CC(=O)O)Cc2cc(C#Cc3ccc(OCC(=O)NCCS(=O)(=O)O)cc3)cc(n2)CN(CC(=O)O)Cc2cc(C#Cc3ccc(OCC(=O)NCCS(=O)(=O)O)cc3)cc(n2)C1. The van der Waals surface area contributed by atoms with Gasteiger partial charge in [-0.15, -0.1) is 0 Å². The molecule has 6 aromatic rings. The lowest BCUT2D eigenvalue weighted by Gasteiger charge is -2.24.